The van der Waals surface area contributed by atoms with Crippen LogP contribution in [0.1, 0.15) is 32.1 Å². The molecule has 0 unspecified atom stereocenters. The van der Waals surface area contributed by atoms with E-state index in [2.05, 4.69) is 0 Å². The molecule has 2 nitrogen and oxygen atoms in total. The predicted molar refractivity (Wildman–Crippen MR) is 51.3 cm³/mol. The Morgan fingerprint density at radius 2 is 1.77 bits per heavy atom. The van der Waals surface area contributed by atoms with Crippen molar-refractivity contribution in [1.82, 2.24) is 0 Å². The summed E-state index contributed by atoms with van der Waals surface area (Å²) in [7, 11) is 0. The molecule has 0 atom stereocenters. The molecule has 0 amide bonds. The molecule has 4 rings (SSSR count). The highest BCUT2D eigenvalue weighted by atomic mass is 16.5. The van der Waals surface area contributed by atoms with Gasteiger partial charge in [0.05, 0.1) is 0 Å². The molecule has 74 valence electrons. The van der Waals surface area contributed by atoms with Crippen molar-refractivity contribution < 1.29 is 4.74 Å². The van der Waals surface area contributed by atoms with E-state index in [4.69, 9.17) is 10.5 Å². The van der Waals surface area contributed by atoms with E-state index in [1.54, 1.807) is 0 Å². The van der Waals surface area contributed by atoms with Crippen LogP contribution in [0.3, 0.4) is 0 Å². The minimum atomic E-state index is 0.609. The molecule has 0 aromatic heterocycles. The predicted octanol–water partition coefficient (Wildman–Crippen LogP) is 1.54. The van der Waals surface area contributed by atoms with Crippen molar-refractivity contribution in [3.05, 3.63) is 0 Å². The lowest BCUT2D eigenvalue weighted by Gasteiger charge is -2.74. The lowest BCUT2D eigenvalue weighted by Crippen LogP contribution is -2.67. The molecule has 2 N–H and O–H groups in total. The Bertz CT molecular complexity index is 200. The van der Waals surface area contributed by atoms with Crippen molar-refractivity contribution in [2.45, 2.75) is 32.1 Å². The highest BCUT2D eigenvalue weighted by molar-refractivity contribution is 5.19. The van der Waals surface area contributed by atoms with E-state index in [1.807, 2.05) is 0 Å². The summed E-state index contributed by atoms with van der Waals surface area (Å²) in [5, 5.41) is 0. The maximum absolute atomic E-state index is 5.77. The topological polar surface area (TPSA) is 35.2 Å². The molecular formula is C11H19NO. The lowest BCUT2D eigenvalue weighted by atomic mass is 9.31. The second-order valence-corrected chi connectivity index (χ2v) is 5.48. The van der Waals surface area contributed by atoms with Crippen LogP contribution in [0.4, 0.5) is 0 Å². The van der Waals surface area contributed by atoms with Crippen LogP contribution in [-0.4, -0.2) is 19.8 Å². The largest absolute Gasteiger partial charge is 0.381 e. The van der Waals surface area contributed by atoms with Crippen molar-refractivity contribution in [3.63, 3.8) is 0 Å². The van der Waals surface area contributed by atoms with Crippen LogP contribution < -0.4 is 5.73 Å². The van der Waals surface area contributed by atoms with Gasteiger partial charge in [-0.05, 0) is 55.4 Å². The van der Waals surface area contributed by atoms with Gasteiger partial charge >= 0.3 is 0 Å². The van der Waals surface area contributed by atoms with Gasteiger partial charge in [-0.3, -0.25) is 0 Å². The molecule has 2 bridgehead atoms. The summed E-state index contributed by atoms with van der Waals surface area (Å²) in [5.74, 6) is 0.967. The summed E-state index contributed by atoms with van der Waals surface area (Å²) in [6.07, 6.45) is 6.91. The lowest BCUT2D eigenvalue weighted by molar-refractivity contribution is -0.240. The van der Waals surface area contributed by atoms with Gasteiger partial charge in [0, 0.05) is 13.2 Å². The van der Waals surface area contributed by atoms with Gasteiger partial charge in [0.1, 0.15) is 0 Å². The van der Waals surface area contributed by atoms with Crippen molar-refractivity contribution in [2.24, 2.45) is 22.5 Å². The third-order valence-corrected chi connectivity index (χ3v) is 4.70. The SMILES string of the molecule is NCC12CC(C3CCOCC3)(C1)C2. The van der Waals surface area contributed by atoms with E-state index in [0.29, 0.717) is 5.41 Å². The van der Waals surface area contributed by atoms with Gasteiger partial charge < -0.3 is 10.5 Å². The molecule has 2 heteroatoms. The van der Waals surface area contributed by atoms with Crippen molar-refractivity contribution in [1.29, 1.82) is 0 Å². The number of hydrogen-bond acceptors (Lipinski definition) is 2. The highest BCUT2D eigenvalue weighted by Crippen LogP contribution is 2.76. The van der Waals surface area contributed by atoms with Gasteiger partial charge in [-0.25, -0.2) is 0 Å². The minimum absolute atomic E-state index is 0.609. The monoisotopic (exact) mass is 181 g/mol. The van der Waals surface area contributed by atoms with Crippen LogP contribution in [0, 0.1) is 16.7 Å². The molecule has 13 heavy (non-hydrogen) atoms. The molecule has 1 aliphatic heterocycles. The van der Waals surface area contributed by atoms with Crippen LogP contribution in [-0.2, 0) is 4.74 Å². The number of hydrogen-bond donors (Lipinski definition) is 1. The maximum Gasteiger partial charge on any atom is 0.0468 e. The molecule has 0 aromatic carbocycles. The average molecular weight is 181 g/mol. The summed E-state index contributed by atoms with van der Waals surface area (Å²) in [5.41, 5.74) is 7.12. The van der Waals surface area contributed by atoms with Gasteiger partial charge in [0.15, 0.2) is 0 Å². The Balaban J connectivity index is 1.63. The Kier molecular flexibility index (Phi) is 1.58. The second kappa shape index (κ2) is 2.48. The van der Waals surface area contributed by atoms with E-state index < -0.39 is 0 Å². The van der Waals surface area contributed by atoms with E-state index in [1.165, 1.54) is 32.1 Å². The fraction of sp³-hybridized carbons (Fsp3) is 1.00. The van der Waals surface area contributed by atoms with Crippen LogP contribution >= 0.6 is 0 Å². The Hall–Kier alpha value is -0.0800. The van der Waals surface area contributed by atoms with Crippen LogP contribution in [0.2, 0.25) is 0 Å². The maximum atomic E-state index is 5.77. The molecule has 4 fully saturated rings. The van der Waals surface area contributed by atoms with Crippen LogP contribution in [0.15, 0.2) is 0 Å². The Labute approximate surface area is 79.8 Å². The first-order chi connectivity index (χ1) is 6.29. The van der Waals surface area contributed by atoms with Crippen molar-refractivity contribution in [2.75, 3.05) is 19.8 Å². The smallest absolute Gasteiger partial charge is 0.0468 e. The molecule has 0 radical (unpaired) electrons. The summed E-state index contributed by atoms with van der Waals surface area (Å²) in [6.45, 7) is 2.93. The summed E-state index contributed by atoms with van der Waals surface area (Å²) in [4.78, 5) is 0. The van der Waals surface area contributed by atoms with Gasteiger partial charge in [-0.15, -0.1) is 0 Å². The zero-order valence-electron chi connectivity index (χ0n) is 8.22. The summed E-state index contributed by atoms with van der Waals surface area (Å²) >= 11 is 0. The first-order valence-corrected chi connectivity index (χ1v) is 5.57. The minimum Gasteiger partial charge on any atom is -0.381 e. The van der Waals surface area contributed by atoms with Gasteiger partial charge in [-0.1, -0.05) is 0 Å². The van der Waals surface area contributed by atoms with E-state index in [-0.39, 0.29) is 0 Å². The number of ether oxygens (including phenoxy) is 1. The average Bonchev–Trinajstić information content (AvgIpc) is 2.02. The van der Waals surface area contributed by atoms with E-state index >= 15 is 0 Å². The van der Waals surface area contributed by atoms with Gasteiger partial charge in [0.25, 0.3) is 0 Å². The standard InChI is InChI=1S/C11H19NO/c12-8-10-5-11(6-10,7-10)9-1-3-13-4-2-9/h9H,1-8,12H2. The molecule has 0 spiro atoms. The van der Waals surface area contributed by atoms with Crippen LogP contribution in [0.5, 0.6) is 0 Å². The zero-order valence-corrected chi connectivity index (χ0v) is 8.22. The first-order valence-electron chi connectivity index (χ1n) is 5.57. The van der Waals surface area contributed by atoms with E-state index in [0.717, 1.165) is 31.1 Å². The zero-order chi connectivity index (χ0) is 8.94. The van der Waals surface area contributed by atoms with Crippen molar-refractivity contribution in [3.8, 4) is 0 Å². The third-order valence-electron chi connectivity index (χ3n) is 4.70. The van der Waals surface area contributed by atoms with Gasteiger partial charge in [-0.2, -0.15) is 0 Å². The second-order valence-electron chi connectivity index (χ2n) is 5.48. The molecule has 3 saturated carbocycles. The van der Waals surface area contributed by atoms with E-state index in [9.17, 15) is 0 Å². The van der Waals surface area contributed by atoms with Crippen molar-refractivity contribution >= 4 is 0 Å². The number of nitrogens with two attached hydrogens (primary N) is 1. The fourth-order valence-electron chi connectivity index (χ4n) is 4.04. The molecule has 1 heterocycles. The molecule has 4 aliphatic rings. The summed E-state index contributed by atoms with van der Waals surface area (Å²) < 4.78 is 5.41. The third kappa shape index (κ3) is 0.962. The van der Waals surface area contributed by atoms with Gasteiger partial charge in [0.2, 0.25) is 0 Å². The molecule has 3 aliphatic carbocycles. The fourth-order valence-corrected chi connectivity index (χ4v) is 4.04. The summed E-state index contributed by atoms with van der Waals surface area (Å²) in [6, 6.07) is 0. The quantitative estimate of drug-likeness (QED) is 0.701. The molecule has 0 aromatic rings. The first kappa shape index (κ1) is 8.25. The normalized spacial score (nSPS) is 49.6. The Morgan fingerprint density at radius 3 is 2.31 bits per heavy atom. The van der Waals surface area contributed by atoms with Crippen LogP contribution in [0.25, 0.3) is 0 Å². The molecular weight excluding hydrogens is 162 g/mol. The Morgan fingerprint density at radius 1 is 1.15 bits per heavy atom. The number of rotatable bonds is 2. The molecule has 1 saturated heterocycles. The highest BCUT2D eigenvalue weighted by Gasteiger charge is 2.68.